The lowest BCUT2D eigenvalue weighted by Crippen LogP contribution is -2.19. The van der Waals surface area contributed by atoms with Gasteiger partial charge in [-0.15, -0.1) is 0 Å². The van der Waals surface area contributed by atoms with Gasteiger partial charge in [0.15, 0.2) is 0 Å². The van der Waals surface area contributed by atoms with Gasteiger partial charge < -0.3 is 5.11 Å². The van der Waals surface area contributed by atoms with E-state index in [-0.39, 0.29) is 6.10 Å². The van der Waals surface area contributed by atoms with Crippen LogP contribution in [0.2, 0.25) is 0 Å². The molecule has 2 rings (SSSR count). The van der Waals surface area contributed by atoms with Crippen LogP contribution in [-0.4, -0.2) is 11.2 Å². The van der Waals surface area contributed by atoms with Crippen LogP contribution in [0.5, 0.6) is 0 Å². The van der Waals surface area contributed by atoms with Crippen molar-refractivity contribution in [1.29, 1.82) is 0 Å². The van der Waals surface area contributed by atoms with E-state index in [1.165, 1.54) is 31.2 Å². The number of thiophene rings is 1. The maximum Gasteiger partial charge on any atom is 0.0568 e. The smallest absolute Gasteiger partial charge is 0.0568 e. The van der Waals surface area contributed by atoms with Crippen molar-refractivity contribution in [3.05, 3.63) is 22.4 Å². The van der Waals surface area contributed by atoms with Crippen molar-refractivity contribution in [2.24, 2.45) is 5.92 Å². The number of aryl methyl sites for hydroxylation is 1. The predicted molar refractivity (Wildman–Crippen MR) is 65.2 cm³/mol. The summed E-state index contributed by atoms with van der Waals surface area (Å²) in [5.74, 6) is 0.549. The standard InChI is InChI=1S/C13H20OS/c14-13-5-3-1-2-4-12(13)7-6-11-8-9-15-10-11/h8-10,12-14H,1-7H2. The molecule has 2 atom stereocenters. The van der Waals surface area contributed by atoms with Gasteiger partial charge in [0.05, 0.1) is 6.10 Å². The fraction of sp³-hybridized carbons (Fsp3) is 0.692. The average molecular weight is 224 g/mol. The maximum absolute atomic E-state index is 9.98. The molecule has 0 radical (unpaired) electrons. The first-order valence-electron chi connectivity index (χ1n) is 6.05. The first-order chi connectivity index (χ1) is 7.36. The highest BCUT2D eigenvalue weighted by molar-refractivity contribution is 7.07. The Balaban J connectivity index is 1.81. The summed E-state index contributed by atoms with van der Waals surface area (Å²) < 4.78 is 0. The Kier molecular flexibility index (Phi) is 4.21. The normalized spacial score (nSPS) is 27.5. The SMILES string of the molecule is OC1CCCCCC1CCc1ccsc1. The minimum Gasteiger partial charge on any atom is -0.393 e. The molecule has 0 aromatic carbocycles. The van der Waals surface area contributed by atoms with Gasteiger partial charge in [-0.25, -0.2) is 0 Å². The third-order valence-electron chi connectivity index (χ3n) is 3.50. The number of aliphatic hydroxyl groups is 1. The van der Waals surface area contributed by atoms with Gasteiger partial charge >= 0.3 is 0 Å². The summed E-state index contributed by atoms with van der Waals surface area (Å²) in [6.45, 7) is 0. The summed E-state index contributed by atoms with van der Waals surface area (Å²) in [4.78, 5) is 0. The third-order valence-corrected chi connectivity index (χ3v) is 4.23. The van der Waals surface area contributed by atoms with Crippen LogP contribution in [0.1, 0.15) is 44.1 Å². The zero-order valence-electron chi connectivity index (χ0n) is 9.19. The predicted octanol–water partition coefficient (Wildman–Crippen LogP) is 3.62. The molecule has 2 heteroatoms. The molecule has 1 fully saturated rings. The zero-order valence-corrected chi connectivity index (χ0v) is 10.0. The maximum atomic E-state index is 9.98. The highest BCUT2D eigenvalue weighted by Crippen LogP contribution is 2.27. The first kappa shape index (κ1) is 11.2. The molecule has 1 aliphatic rings. The summed E-state index contributed by atoms with van der Waals surface area (Å²) in [5, 5.41) is 14.3. The Morgan fingerprint density at radius 3 is 2.93 bits per heavy atom. The van der Waals surface area contributed by atoms with Crippen LogP contribution >= 0.6 is 11.3 Å². The Morgan fingerprint density at radius 2 is 2.13 bits per heavy atom. The summed E-state index contributed by atoms with van der Waals surface area (Å²) >= 11 is 1.77. The Morgan fingerprint density at radius 1 is 1.27 bits per heavy atom. The molecule has 15 heavy (non-hydrogen) atoms. The van der Waals surface area contributed by atoms with Gasteiger partial charge in [-0.1, -0.05) is 19.3 Å². The minimum absolute atomic E-state index is 0.0360. The lowest BCUT2D eigenvalue weighted by molar-refractivity contribution is 0.0960. The second kappa shape index (κ2) is 5.66. The first-order valence-corrected chi connectivity index (χ1v) is 6.99. The van der Waals surface area contributed by atoms with Crippen LogP contribution in [0.4, 0.5) is 0 Å². The number of hydrogen-bond acceptors (Lipinski definition) is 2. The third kappa shape index (κ3) is 3.32. The second-order valence-corrected chi connectivity index (χ2v) is 5.42. The van der Waals surface area contributed by atoms with Gasteiger partial charge in [0.2, 0.25) is 0 Å². The van der Waals surface area contributed by atoms with Gasteiger partial charge in [-0.2, -0.15) is 11.3 Å². The summed E-state index contributed by atoms with van der Waals surface area (Å²) in [6.07, 6.45) is 8.36. The molecule has 1 heterocycles. The molecule has 0 spiro atoms. The number of rotatable bonds is 3. The van der Waals surface area contributed by atoms with Crippen LogP contribution in [0.3, 0.4) is 0 Å². The van der Waals surface area contributed by atoms with Crippen LogP contribution in [0, 0.1) is 5.92 Å². The molecule has 0 saturated heterocycles. The van der Waals surface area contributed by atoms with E-state index in [2.05, 4.69) is 16.8 Å². The van der Waals surface area contributed by atoms with E-state index in [1.807, 2.05) is 0 Å². The van der Waals surface area contributed by atoms with E-state index < -0.39 is 0 Å². The Hall–Kier alpha value is -0.340. The number of aliphatic hydroxyl groups excluding tert-OH is 1. The average Bonchev–Trinajstić information content (AvgIpc) is 2.67. The van der Waals surface area contributed by atoms with Crippen LogP contribution in [0.15, 0.2) is 16.8 Å². The van der Waals surface area contributed by atoms with Crippen molar-refractivity contribution in [3.63, 3.8) is 0 Å². The quantitative estimate of drug-likeness (QED) is 0.777. The molecule has 1 nitrogen and oxygen atoms in total. The second-order valence-electron chi connectivity index (χ2n) is 4.64. The van der Waals surface area contributed by atoms with E-state index in [1.54, 1.807) is 11.3 Å². The van der Waals surface area contributed by atoms with Gasteiger partial charge in [-0.05, 0) is 54.0 Å². The van der Waals surface area contributed by atoms with E-state index >= 15 is 0 Å². The summed E-state index contributed by atoms with van der Waals surface area (Å²) in [7, 11) is 0. The van der Waals surface area contributed by atoms with E-state index in [9.17, 15) is 5.11 Å². The fourth-order valence-corrected chi connectivity index (χ4v) is 3.19. The van der Waals surface area contributed by atoms with Crippen molar-refractivity contribution in [3.8, 4) is 0 Å². The minimum atomic E-state index is -0.0360. The molecule has 1 aliphatic carbocycles. The van der Waals surface area contributed by atoms with Gasteiger partial charge in [0.25, 0.3) is 0 Å². The summed E-state index contributed by atoms with van der Waals surface area (Å²) in [6, 6.07) is 2.20. The van der Waals surface area contributed by atoms with E-state index in [4.69, 9.17) is 0 Å². The zero-order chi connectivity index (χ0) is 10.5. The molecule has 1 aromatic heterocycles. The van der Waals surface area contributed by atoms with Crippen LogP contribution in [0.25, 0.3) is 0 Å². The summed E-state index contributed by atoms with van der Waals surface area (Å²) in [5.41, 5.74) is 1.44. The van der Waals surface area contributed by atoms with E-state index in [0.29, 0.717) is 5.92 Å². The Labute approximate surface area is 96.1 Å². The van der Waals surface area contributed by atoms with Gasteiger partial charge in [-0.3, -0.25) is 0 Å². The molecule has 0 bridgehead atoms. The van der Waals surface area contributed by atoms with Gasteiger partial charge in [0, 0.05) is 0 Å². The molecule has 84 valence electrons. The molecular weight excluding hydrogens is 204 g/mol. The largest absolute Gasteiger partial charge is 0.393 e. The molecule has 0 aliphatic heterocycles. The highest BCUT2D eigenvalue weighted by Gasteiger charge is 2.20. The van der Waals surface area contributed by atoms with Crippen molar-refractivity contribution < 1.29 is 5.11 Å². The molecule has 1 aromatic rings. The molecule has 0 amide bonds. The van der Waals surface area contributed by atoms with Crippen LogP contribution in [-0.2, 0) is 6.42 Å². The fourth-order valence-electron chi connectivity index (χ4n) is 2.49. The Bertz CT molecular complexity index is 268. The van der Waals surface area contributed by atoms with Crippen molar-refractivity contribution in [1.82, 2.24) is 0 Å². The highest BCUT2D eigenvalue weighted by atomic mass is 32.1. The monoisotopic (exact) mass is 224 g/mol. The molecule has 1 saturated carbocycles. The lowest BCUT2D eigenvalue weighted by atomic mass is 9.91. The van der Waals surface area contributed by atoms with E-state index in [0.717, 1.165) is 19.3 Å². The van der Waals surface area contributed by atoms with Gasteiger partial charge in [0.1, 0.15) is 0 Å². The van der Waals surface area contributed by atoms with Crippen molar-refractivity contribution in [2.75, 3.05) is 0 Å². The van der Waals surface area contributed by atoms with Crippen molar-refractivity contribution >= 4 is 11.3 Å². The number of hydrogen-bond donors (Lipinski definition) is 1. The molecular formula is C13H20OS. The van der Waals surface area contributed by atoms with Crippen LogP contribution < -0.4 is 0 Å². The molecule has 2 unspecified atom stereocenters. The molecule has 1 N–H and O–H groups in total. The topological polar surface area (TPSA) is 20.2 Å². The van der Waals surface area contributed by atoms with Crippen molar-refractivity contribution in [2.45, 2.75) is 51.0 Å². The lowest BCUT2D eigenvalue weighted by Gasteiger charge is -2.19.